The molecule has 0 saturated carbocycles. The molecule has 1 aliphatic rings. The fraction of sp³-hybridized carbons (Fsp3) is 0.400. The third kappa shape index (κ3) is 6.09. The van der Waals surface area contributed by atoms with Crippen LogP contribution in [0.5, 0.6) is 11.5 Å². The molecule has 3 rings (SSSR count). The number of aromatic hydroxyl groups is 1. The maximum Gasteiger partial charge on any atom is 0.191 e. The lowest BCUT2D eigenvalue weighted by Gasteiger charge is -2.20. The summed E-state index contributed by atoms with van der Waals surface area (Å²) in [5.74, 6) is 1.30. The van der Waals surface area contributed by atoms with Crippen LogP contribution in [0.4, 0.5) is 10.2 Å². The number of halogens is 2. The van der Waals surface area contributed by atoms with Crippen molar-refractivity contribution < 1.29 is 14.2 Å². The van der Waals surface area contributed by atoms with Gasteiger partial charge in [0.25, 0.3) is 0 Å². The largest absolute Gasteiger partial charge is 0.504 e. The zero-order valence-corrected chi connectivity index (χ0v) is 18.9. The highest BCUT2D eigenvalue weighted by molar-refractivity contribution is 14.0. The summed E-state index contributed by atoms with van der Waals surface area (Å²) in [6, 6.07) is 8.40. The summed E-state index contributed by atoms with van der Waals surface area (Å²) < 4.78 is 19.0. The Morgan fingerprint density at radius 1 is 1.41 bits per heavy atom. The van der Waals surface area contributed by atoms with Gasteiger partial charge in [-0.05, 0) is 43.2 Å². The van der Waals surface area contributed by atoms with Gasteiger partial charge in [0, 0.05) is 31.9 Å². The number of benzene rings is 1. The molecular formula is C20H27FIN5O2. The maximum atomic E-state index is 14.0. The van der Waals surface area contributed by atoms with Gasteiger partial charge >= 0.3 is 0 Å². The molecule has 1 saturated heterocycles. The van der Waals surface area contributed by atoms with Crippen LogP contribution in [0, 0.1) is 5.82 Å². The van der Waals surface area contributed by atoms with Crippen LogP contribution in [0.1, 0.15) is 18.9 Å². The fourth-order valence-corrected chi connectivity index (χ4v) is 3.20. The molecule has 0 amide bonds. The molecule has 1 aliphatic heterocycles. The lowest BCUT2D eigenvalue weighted by atomic mass is 10.2. The Labute approximate surface area is 187 Å². The number of nitrogens with zero attached hydrogens (tertiary/aromatic N) is 3. The van der Waals surface area contributed by atoms with Crippen LogP contribution in [0.25, 0.3) is 0 Å². The number of hydrogen-bond donors (Lipinski definition) is 3. The number of methoxy groups -OCH3 is 1. The van der Waals surface area contributed by atoms with E-state index in [4.69, 9.17) is 4.74 Å². The van der Waals surface area contributed by atoms with Crippen molar-refractivity contribution in [2.24, 2.45) is 4.99 Å². The molecule has 0 spiro atoms. The van der Waals surface area contributed by atoms with E-state index in [9.17, 15) is 9.50 Å². The van der Waals surface area contributed by atoms with E-state index < -0.39 is 0 Å². The van der Waals surface area contributed by atoms with Gasteiger partial charge in [0.05, 0.1) is 13.7 Å². The van der Waals surface area contributed by atoms with Gasteiger partial charge < -0.3 is 25.4 Å². The van der Waals surface area contributed by atoms with Crippen molar-refractivity contribution in [1.29, 1.82) is 0 Å². The van der Waals surface area contributed by atoms with Gasteiger partial charge in [0.1, 0.15) is 0 Å². The molecule has 2 aromatic rings. The van der Waals surface area contributed by atoms with E-state index in [0.717, 1.165) is 25.1 Å². The monoisotopic (exact) mass is 515 g/mol. The van der Waals surface area contributed by atoms with Crippen molar-refractivity contribution in [1.82, 2.24) is 15.6 Å². The Morgan fingerprint density at radius 3 is 2.93 bits per heavy atom. The first-order chi connectivity index (χ1) is 13.6. The first kappa shape index (κ1) is 23.0. The predicted molar refractivity (Wildman–Crippen MR) is 123 cm³/mol. The summed E-state index contributed by atoms with van der Waals surface area (Å²) in [6.45, 7) is 4.53. The summed E-state index contributed by atoms with van der Waals surface area (Å²) in [4.78, 5) is 10.7. The number of aliphatic imine (C=N–C) groups is 1. The van der Waals surface area contributed by atoms with Crippen molar-refractivity contribution in [3.05, 3.63) is 47.9 Å². The molecule has 2 heterocycles. The van der Waals surface area contributed by atoms with Crippen LogP contribution in [0.2, 0.25) is 0 Å². The third-order valence-electron chi connectivity index (χ3n) is 4.57. The summed E-state index contributed by atoms with van der Waals surface area (Å²) in [6.07, 6.45) is 2.47. The Bertz CT molecular complexity index is 836. The molecular weight excluding hydrogens is 488 g/mol. The minimum Gasteiger partial charge on any atom is -0.504 e. The standard InChI is InChI=1S/C20H26FN5O2.HI/c1-3-22-20(24-12-14-6-7-18(28-2)17(27)11-14)25-15-8-10-26(13-15)19-16(21)5-4-9-23-19;/h4-7,9,11,15,27H,3,8,10,12-13H2,1-2H3,(H2,22,24,25);1H. The van der Waals surface area contributed by atoms with E-state index >= 15 is 0 Å². The van der Waals surface area contributed by atoms with Crippen molar-refractivity contribution in [3.63, 3.8) is 0 Å². The maximum absolute atomic E-state index is 14.0. The fourth-order valence-electron chi connectivity index (χ4n) is 3.20. The van der Waals surface area contributed by atoms with Crippen molar-refractivity contribution in [3.8, 4) is 11.5 Å². The van der Waals surface area contributed by atoms with Crippen LogP contribution in [0.15, 0.2) is 41.5 Å². The van der Waals surface area contributed by atoms with Crippen molar-refractivity contribution >= 4 is 35.8 Å². The van der Waals surface area contributed by atoms with Gasteiger partial charge in [0.15, 0.2) is 29.1 Å². The molecule has 1 aromatic carbocycles. The molecule has 0 radical (unpaired) electrons. The smallest absolute Gasteiger partial charge is 0.191 e. The molecule has 0 aliphatic carbocycles. The highest BCUT2D eigenvalue weighted by Crippen LogP contribution is 2.26. The molecule has 7 nitrogen and oxygen atoms in total. The summed E-state index contributed by atoms with van der Waals surface area (Å²) in [5.41, 5.74) is 0.874. The van der Waals surface area contributed by atoms with E-state index in [0.29, 0.717) is 30.6 Å². The average Bonchev–Trinajstić information content (AvgIpc) is 3.15. The first-order valence-electron chi connectivity index (χ1n) is 9.37. The Kier molecular flexibility index (Phi) is 8.74. The number of aromatic nitrogens is 1. The van der Waals surface area contributed by atoms with Gasteiger partial charge in [-0.15, -0.1) is 24.0 Å². The highest BCUT2D eigenvalue weighted by atomic mass is 127. The molecule has 158 valence electrons. The normalized spacial score (nSPS) is 16.3. The quantitative estimate of drug-likeness (QED) is 0.312. The van der Waals surface area contributed by atoms with Gasteiger partial charge in [-0.2, -0.15) is 0 Å². The van der Waals surface area contributed by atoms with Crippen molar-refractivity contribution in [2.75, 3.05) is 31.6 Å². The summed E-state index contributed by atoms with van der Waals surface area (Å²) >= 11 is 0. The third-order valence-corrected chi connectivity index (χ3v) is 4.57. The lowest BCUT2D eigenvalue weighted by Crippen LogP contribution is -2.44. The molecule has 9 heteroatoms. The predicted octanol–water partition coefficient (Wildman–Crippen LogP) is 2.89. The zero-order chi connectivity index (χ0) is 19.9. The molecule has 1 unspecified atom stereocenters. The number of hydrogen-bond acceptors (Lipinski definition) is 5. The second kappa shape index (κ2) is 11.0. The Morgan fingerprint density at radius 2 is 2.24 bits per heavy atom. The van der Waals surface area contributed by atoms with Crippen LogP contribution >= 0.6 is 24.0 Å². The molecule has 3 N–H and O–H groups in total. The average molecular weight is 515 g/mol. The van der Waals surface area contributed by atoms with Crippen LogP contribution < -0.4 is 20.3 Å². The molecule has 0 bridgehead atoms. The molecule has 1 atom stereocenters. The number of phenolic OH excluding ortho intramolecular Hbond substituents is 1. The summed E-state index contributed by atoms with van der Waals surface area (Å²) in [5, 5.41) is 16.5. The number of guanidine groups is 1. The number of rotatable bonds is 6. The number of pyridine rings is 1. The van der Waals surface area contributed by atoms with Gasteiger partial charge in [-0.1, -0.05) is 6.07 Å². The van der Waals surface area contributed by atoms with Crippen molar-refractivity contribution in [2.45, 2.75) is 25.9 Å². The molecule has 1 aromatic heterocycles. The number of ether oxygens (including phenoxy) is 1. The van der Waals surface area contributed by atoms with E-state index in [2.05, 4.69) is 20.6 Å². The Balaban J connectivity index is 0.00000300. The number of anilines is 1. The second-order valence-corrected chi connectivity index (χ2v) is 6.59. The van der Waals surface area contributed by atoms with E-state index in [1.807, 2.05) is 17.9 Å². The minimum atomic E-state index is -0.303. The van der Waals surface area contributed by atoms with Crippen LogP contribution in [0.3, 0.4) is 0 Å². The SMILES string of the molecule is CCNC(=NCc1ccc(OC)c(O)c1)NC1CCN(c2ncccc2F)C1.I. The minimum absolute atomic E-state index is 0. The van der Waals surface area contributed by atoms with Gasteiger partial charge in [-0.3, -0.25) is 0 Å². The topological polar surface area (TPSA) is 82.0 Å². The number of phenols is 1. The first-order valence-corrected chi connectivity index (χ1v) is 9.37. The second-order valence-electron chi connectivity index (χ2n) is 6.59. The lowest BCUT2D eigenvalue weighted by molar-refractivity contribution is 0.373. The van der Waals surface area contributed by atoms with Crippen LogP contribution in [-0.4, -0.2) is 48.8 Å². The number of nitrogens with one attached hydrogen (secondary N) is 2. The van der Waals surface area contributed by atoms with Gasteiger partial charge in [-0.25, -0.2) is 14.4 Å². The zero-order valence-electron chi connectivity index (χ0n) is 16.6. The van der Waals surface area contributed by atoms with E-state index in [1.165, 1.54) is 13.2 Å². The summed E-state index contributed by atoms with van der Waals surface area (Å²) in [7, 11) is 1.52. The Hall–Kier alpha value is -2.30. The van der Waals surface area contributed by atoms with Gasteiger partial charge in [0.2, 0.25) is 0 Å². The van der Waals surface area contributed by atoms with E-state index in [-0.39, 0.29) is 41.6 Å². The molecule has 29 heavy (non-hydrogen) atoms. The van der Waals surface area contributed by atoms with Crippen LogP contribution in [-0.2, 0) is 6.54 Å². The molecule has 1 fully saturated rings. The van der Waals surface area contributed by atoms with E-state index in [1.54, 1.807) is 24.4 Å². The highest BCUT2D eigenvalue weighted by Gasteiger charge is 2.25.